The van der Waals surface area contributed by atoms with Crippen LogP contribution in [0.2, 0.25) is 10.0 Å². The van der Waals surface area contributed by atoms with Crippen LogP contribution in [0, 0.1) is 13.8 Å². The van der Waals surface area contributed by atoms with Gasteiger partial charge < -0.3 is 11.1 Å². The predicted molar refractivity (Wildman–Crippen MR) is 59.1 cm³/mol. The van der Waals surface area contributed by atoms with Gasteiger partial charge in [0.2, 0.25) is 0 Å². The topological polar surface area (TPSA) is 55.1 Å². The molecule has 0 fully saturated rings. The van der Waals surface area contributed by atoms with Crippen molar-refractivity contribution >= 4 is 34.9 Å². The Balaban J connectivity index is 3.25. The first-order valence-electron chi connectivity index (χ1n) is 3.95. The van der Waals surface area contributed by atoms with Crippen molar-refractivity contribution in [2.24, 2.45) is 5.73 Å². The average molecular weight is 233 g/mol. The van der Waals surface area contributed by atoms with Crippen LogP contribution in [0.25, 0.3) is 0 Å². The van der Waals surface area contributed by atoms with Crippen molar-refractivity contribution in [1.82, 2.24) is 0 Å². The summed E-state index contributed by atoms with van der Waals surface area (Å²) in [5, 5.41) is 3.45. The first-order valence-corrected chi connectivity index (χ1v) is 4.70. The third kappa shape index (κ3) is 2.11. The molecule has 0 aliphatic carbocycles. The SMILES string of the molecule is Cc1cc(NC(N)=O)c(Cl)c(C)c1Cl. The second kappa shape index (κ2) is 4.07. The number of benzene rings is 1. The Kier molecular flexibility index (Phi) is 3.24. The minimum absolute atomic E-state index is 0.416. The van der Waals surface area contributed by atoms with E-state index >= 15 is 0 Å². The minimum atomic E-state index is -0.645. The number of rotatable bonds is 1. The van der Waals surface area contributed by atoms with Gasteiger partial charge in [-0.25, -0.2) is 4.79 Å². The minimum Gasteiger partial charge on any atom is -0.351 e. The molecule has 0 saturated carbocycles. The summed E-state index contributed by atoms with van der Waals surface area (Å²) < 4.78 is 0. The lowest BCUT2D eigenvalue weighted by atomic mass is 10.1. The van der Waals surface area contributed by atoms with Crippen molar-refractivity contribution in [2.75, 3.05) is 5.32 Å². The highest BCUT2D eigenvalue weighted by Crippen LogP contribution is 2.33. The van der Waals surface area contributed by atoms with Crippen molar-refractivity contribution < 1.29 is 4.79 Å². The summed E-state index contributed by atoms with van der Waals surface area (Å²) in [6.45, 7) is 3.61. The summed E-state index contributed by atoms with van der Waals surface area (Å²) in [7, 11) is 0. The summed E-state index contributed by atoms with van der Waals surface area (Å²) >= 11 is 11.9. The van der Waals surface area contributed by atoms with E-state index in [0.717, 1.165) is 11.1 Å². The van der Waals surface area contributed by atoms with E-state index in [1.807, 2.05) is 6.92 Å². The van der Waals surface area contributed by atoms with Crippen LogP contribution in [0.3, 0.4) is 0 Å². The molecule has 0 saturated heterocycles. The molecule has 0 heterocycles. The summed E-state index contributed by atoms with van der Waals surface area (Å²) in [6.07, 6.45) is 0. The van der Waals surface area contributed by atoms with Crippen LogP contribution in [0.5, 0.6) is 0 Å². The standard InChI is InChI=1S/C9H10Cl2N2O/c1-4-3-6(13-9(12)14)8(11)5(2)7(4)10/h3H,1-2H3,(H3,12,13,14). The molecule has 5 heteroatoms. The molecular weight excluding hydrogens is 223 g/mol. The van der Waals surface area contributed by atoms with Crippen LogP contribution in [-0.2, 0) is 0 Å². The number of halogens is 2. The van der Waals surface area contributed by atoms with Crippen molar-refractivity contribution in [3.8, 4) is 0 Å². The van der Waals surface area contributed by atoms with E-state index in [1.54, 1.807) is 13.0 Å². The van der Waals surface area contributed by atoms with Crippen molar-refractivity contribution in [2.45, 2.75) is 13.8 Å². The van der Waals surface area contributed by atoms with Gasteiger partial charge in [0, 0.05) is 5.02 Å². The quantitative estimate of drug-likeness (QED) is 0.769. The molecule has 3 N–H and O–H groups in total. The van der Waals surface area contributed by atoms with Crippen LogP contribution < -0.4 is 11.1 Å². The molecule has 0 spiro atoms. The second-order valence-corrected chi connectivity index (χ2v) is 3.74. The molecule has 14 heavy (non-hydrogen) atoms. The van der Waals surface area contributed by atoms with Crippen LogP contribution >= 0.6 is 23.2 Å². The zero-order valence-electron chi connectivity index (χ0n) is 7.82. The zero-order valence-corrected chi connectivity index (χ0v) is 9.33. The molecular formula is C9H10Cl2N2O. The molecule has 76 valence electrons. The third-order valence-corrected chi connectivity index (χ3v) is 2.93. The Bertz CT molecular complexity index is 391. The maximum Gasteiger partial charge on any atom is 0.316 e. The summed E-state index contributed by atoms with van der Waals surface area (Å²) in [4.78, 5) is 10.6. The molecule has 0 atom stereocenters. The predicted octanol–water partition coefficient (Wildman–Crippen LogP) is 3.10. The van der Waals surface area contributed by atoms with Crippen LogP contribution in [0.15, 0.2) is 6.07 Å². The molecule has 0 radical (unpaired) electrons. The molecule has 1 aromatic rings. The van der Waals surface area contributed by atoms with Gasteiger partial charge in [0.25, 0.3) is 0 Å². The first kappa shape index (κ1) is 11.1. The van der Waals surface area contributed by atoms with Gasteiger partial charge in [0.1, 0.15) is 0 Å². The van der Waals surface area contributed by atoms with E-state index in [4.69, 9.17) is 28.9 Å². The van der Waals surface area contributed by atoms with Gasteiger partial charge >= 0.3 is 6.03 Å². The van der Waals surface area contributed by atoms with Crippen molar-refractivity contribution in [3.05, 3.63) is 27.2 Å². The fourth-order valence-electron chi connectivity index (χ4n) is 1.16. The molecule has 3 nitrogen and oxygen atoms in total. The second-order valence-electron chi connectivity index (χ2n) is 2.98. The number of nitrogens with two attached hydrogens (primary N) is 1. The van der Waals surface area contributed by atoms with Crippen molar-refractivity contribution in [3.63, 3.8) is 0 Å². The van der Waals surface area contributed by atoms with Crippen LogP contribution in [-0.4, -0.2) is 6.03 Å². The Morgan fingerprint density at radius 1 is 1.36 bits per heavy atom. The maximum atomic E-state index is 10.6. The van der Waals surface area contributed by atoms with E-state index in [1.165, 1.54) is 0 Å². The zero-order chi connectivity index (χ0) is 10.9. The third-order valence-electron chi connectivity index (χ3n) is 1.86. The van der Waals surface area contributed by atoms with E-state index in [2.05, 4.69) is 5.32 Å². The van der Waals surface area contributed by atoms with Crippen LogP contribution in [0.4, 0.5) is 10.5 Å². The number of carbonyl (C=O) groups is 1. The highest BCUT2D eigenvalue weighted by molar-refractivity contribution is 6.38. The Hall–Kier alpha value is -0.930. The number of hydrogen-bond donors (Lipinski definition) is 2. The molecule has 0 bridgehead atoms. The number of urea groups is 1. The number of carbonyl (C=O) groups excluding carboxylic acids is 1. The Morgan fingerprint density at radius 3 is 2.43 bits per heavy atom. The van der Waals surface area contributed by atoms with Gasteiger partial charge in [-0.05, 0) is 31.0 Å². The number of anilines is 1. The monoisotopic (exact) mass is 232 g/mol. The molecule has 1 aromatic carbocycles. The highest BCUT2D eigenvalue weighted by atomic mass is 35.5. The molecule has 0 aromatic heterocycles. The summed E-state index contributed by atoms with van der Waals surface area (Å²) in [6, 6.07) is 1.04. The lowest BCUT2D eigenvalue weighted by Gasteiger charge is -2.10. The molecule has 0 unspecified atom stereocenters. The molecule has 0 aliphatic rings. The fourth-order valence-corrected chi connectivity index (χ4v) is 1.55. The normalized spacial score (nSPS) is 10.0. The number of primary amides is 1. The van der Waals surface area contributed by atoms with E-state index in [9.17, 15) is 4.79 Å². The number of amides is 2. The van der Waals surface area contributed by atoms with Gasteiger partial charge in [0.05, 0.1) is 10.7 Å². The summed E-state index contributed by atoms with van der Waals surface area (Å²) in [5.41, 5.74) is 7.05. The molecule has 2 amide bonds. The van der Waals surface area contributed by atoms with Gasteiger partial charge in [0.15, 0.2) is 0 Å². The maximum absolute atomic E-state index is 10.6. The molecule has 0 aliphatic heterocycles. The van der Waals surface area contributed by atoms with Gasteiger partial charge in [-0.2, -0.15) is 0 Å². The smallest absolute Gasteiger partial charge is 0.316 e. The highest BCUT2D eigenvalue weighted by Gasteiger charge is 2.10. The van der Waals surface area contributed by atoms with Crippen LogP contribution in [0.1, 0.15) is 11.1 Å². The van der Waals surface area contributed by atoms with Gasteiger partial charge in [-0.3, -0.25) is 0 Å². The van der Waals surface area contributed by atoms with Crippen molar-refractivity contribution in [1.29, 1.82) is 0 Å². The lowest BCUT2D eigenvalue weighted by Crippen LogP contribution is -2.19. The largest absolute Gasteiger partial charge is 0.351 e. The van der Waals surface area contributed by atoms with E-state index in [0.29, 0.717) is 15.7 Å². The number of hydrogen-bond acceptors (Lipinski definition) is 1. The first-order chi connectivity index (χ1) is 6.43. The van der Waals surface area contributed by atoms with Gasteiger partial charge in [-0.15, -0.1) is 0 Å². The Labute approximate surface area is 92.2 Å². The lowest BCUT2D eigenvalue weighted by molar-refractivity contribution is 0.259. The average Bonchev–Trinajstić information content (AvgIpc) is 2.10. The van der Waals surface area contributed by atoms with E-state index < -0.39 is 6.03 Å². The Morgan fingerprint density at radius 2 is 1.93 bits per heavy atom. The number of aryl methyl sites for hydroxylation is 1. The van der Waals surface area contributed by atoms with Gasteiger partial charge in [-0.1, -0.05) is 23.2 Å². The molecule has 1 rings (SSSR count). The summed E-state index contributed by atoms with van der Waals surface area (Å²) in [5.74, 6) is 0. The number of nitrogens with one attached hydrogen (secondary N) is 1. The fraction of sp³-hybridized carbons (Fsp3) is 0.222. The van der Waals surface area contributed by atoms with E-state index in [-0.39, 0.29) is 0 Å².